The lowest BCUT2D eigenvalue weighted by Gasteiger charge is -2.09. The number of sulfonamides is 1. The molecule has 0 aliphatic heterocycles. The highest BCUT2D eigenvalue weighted by Crippen LogP contribution is 2.26. The molecule has 138 valence electrons. The van der Waals surface area contributed by atoms with E-state index in [-0.39, 0.29) is 34.3 Å². The SMILES string of the molecule is O=C(CCNS(=O)(=O)c1ccc(Br)cc1)Nc1cc([N+](=O)[O-])ccc1Cl. The van der Waals surface area contributed by atoms with Gasteiger partial charge < -0.3 is 5.32 Å². The summed E-state index contributed by atoms with van der Waals surface area (Å²) in [4.78, 5) is 22.2. The van der Waals surface area contributed by atoms with Crippen molar-refractivity contribution in [3.05, 3.63) is 62.1 Å². The fourth-order valence-corrected chi connectivity index (χ4v) is 3.39. The Morgan fingerprint density at radius 1 is 1.19 bits per heavy atom. The van der Waals surface area contributed by atoms with Crippen molar-refractivity contribution in [3.8, 4) is 0 Å². The zero-order valence-electron chi connectivity index (χ0n) is 13.1. The Balaban J connectivity index is 1.94. The number of anilines is 1. The molecule has 0 heterocycles. The van der Waals surface area contributed by atoms with Gasteiger partial charge in [0.25, 0.3) is 5.69 Å². The Kier molecular flexibility index (Phi) is 6.70. The van der Waals surface area contributed by atoms with E-state index < -0.39 is 20.9 Å². The number of nitro groups is 1. The van der Waals surface area contributed by atoms with E-state index in [1.54, 1.807) is 12.1 Å². The van der Waals surface area contributed by atoms with Gasteiger partial charge in [0.1, 0.15) is 0 Å². The lowest BCUT2D eigenvalue weighted by Crippen LogP contribution is -2.27. The first-order valence-electron chi connectivity index (χ1n) is 7.18. The van der Waals surface area contributed by atoms with Gasteiger partial charge in [-0.3, -0.25) is 14.9 Å². The molecule has 2 aromatic carbocycles. The average Bonchev–Trinajstić information content (AvgIpc) is 2.57. The second-order valence-corrected chi connectivity index (χ2v) is 8.16. The van der Waals surface area contributed by atoms with Gasteiger partial charge in [0.15, 0.2) is 0 Å². The number of halogens is 2. The van der Waals surface area contributed by atoms with E-state index in [4.69, 9.17) is 11.6 Å². The summed E-state index contributed by atoms with van der Waals surface area (Å²) in [5, 5.41) is 13.3. The molecule has 0 atom stereocenters. The number of nitrogens with one attached hydrogen (secondary N) is 2. The van der Waals surface area contributed by atoms with Crippen molar-refractivity contribution >= 4 is 54.8 Å². The van der Waals surface area contributed by atoms with Gasteiger partial charge in [-0.1, -0.05) is 27.5 Å². The van der Waals surface area contributed by atoms with Crippen LogP contribution < -0.4 is 10.0 Å². The molecular weight excluding hydrogens is 450 g/mol. The van der Waals surface area contributed by atoms with Crippen LogP contribution in [0.25, 0.3) is 0 Å². The van der Waals surface area contributed by atoms with Crippen LogP contribution in [-0.2, 0) is 14.8 Å². The normalized spacial score (nSPS) is 11.2. The number of amides is 1. The van der Waals surface area contributed by atoms with E-state index >= 15 is 0 Å². The van der Waals surface area contributed by atoms with Crippen LogP contribution in [0, 0.1) is 10.1 Å². The number of nitro benzene ring substituents is 1. The predicted octanol–water partition coefficient (Wildman–Crippen LogP) is 3.32. The Morgan fingerprint density at radius 2 is 1.85 bits per heavy atom. The smallest absolute Gasteiger partial charge is 0.271 e. The van der Waals surface area contributed by atoms with Gasteiger partial charge in [0.05, 0.1) is 20.5 Å². The molecule has 2 rings (SSSR count). The van der Waals surface area contributed by atoms with Crippen LogP contribution in [0.1, 0.15) is 6.42 Å². The minimum Gasteiger partial charge on any atom is -0.325 e. The number of rotatable bonds is 7. The molecule has 0 aliphatic carbocycles. The Morgan fingerprint density at radius 3 is 2.46 bits per heavy atom. The third-order valence-corrected chi connectivity index (χ3v) is 5.54. The maximum absolute atomic E-state index is 12.1. The molecule has 0 saturated carbocycles. The van der Waals surface area contributed by atoms with Gasteiger partial charge in [0.2, 0.25) is 15.9 Å². The summed E-state index contributed by atoms with van der Waals surface area (Å²) in [6.45, 7) is -0.142. The summed E-state index contributed by atoms with van der Waals surface area (Å²) in [5.74, 6) is -0.536. The Hall–Kier alpha value is -2.01. The zero-order valence-corrected chi connectivity index (χ0v) is 16.3. The fraction of sp³-hybridized carbons (Fsp3) is 0.133. The van der Waals surface area contributed by atoms with Gasteiger partial charge in [-0.25, -0.2) is 13.1 Å². The molecule has 0 bridgehead atoms. The average molecular weight is 463 g/mol. The van der Waals surface area contributed by atoms with Gasteiger partial charge >= 0.3 is 0 Å². The van der Waals surface area contributed by atoms with Crippen molar-refractivity contribution in [1.82, 2.24) is 4.72 Å². The molecule has 0 aromatic heterocycles. The van der Waals surface area contributed by atoms with Gasteiger partial charge in [-0.2, -0.15) is 0 Å². The molecule has 0 saturated heterocycles. The third kappa shape index (κ3) is 5.49. The summed E-state index contributed by atoms with van der Waals surface area (Å²) in [6, 6.07) is 9.67. The molecule has 8 nitrogen and oxygen atoms in total. The minimum atomic E-state index is -3.74. The first-order chi connectivity index (χ1) is 12.2. The molecule has 0 aliphatic rings. The number of nitrogens with zero attached hydrogens (tertiary/aromatic N) is 1. The highest BCUT2D eigenvalue weighted by Gasteiger charge is 2.15. The number of carbonyl (C=O) groups is 1. The van der Waals surface area contributed by atoms with Crippen LogP contribution in [0.3, 0.4) is 0 Å². The lowest BCUT2D eigenvalue weighted by atomic mass is 10.2. The Labute approximate surface area is 162 Å². The molecular formula is C15H13BrClN3O5S. The molecule has 0 spiro atoms. The first-order valence-corrected chi connectivity index (χ1v) is 9.83. The quantitative estimate of drug-likeness (QED) is 0.483. The van der Waals surface area contributed by atoms with Gasteiger partial charge in [-0.05, 0) is 30.3 Å². The van der Waals surface area contributed by atoms with Crippen molar-refractivity contribution in [1.29, 1.82) is 0 Å². The van der Waals surface area contributed by atoms with Crippen molar-refractivity contribution in [2.45, 2.75) is 11.3 Å². The molecule has 1 amide bonds. The molecule has 11 heteroatoms. The third-order valence-electron chi connectivity index (χ3n) is 3.20. The monoisotopic (exact) mass is 461 g/mol. The van der Waals surface area contributed by atoms with E-state index in [0.29, 0.717) is 0 Å². The zero-order chi connectivity index (χ0) is 19.3. The highest BCUT2D eigenvalue weighted by molar-refractivity contribution is 9.10. The maximum Gasteiger partial charge on any atom is 0.271 e. The second kappa shape index (κ2) is 8.58. The summed E-state index contributed by atoms with van der Waals surface area (Å²) in [6.07, 6.45) is -0.172. The number of non-ortho nitro benzene ring substituents is 1. The molecule has 2 N–H and O–H groups in total. The molecule has 0 unspecified atom stereocenters. The number of hydrogen-bond donors (Lipinski definition) is 2. The van der Waals surface area contributed by atoms with Gasteiger partial charge in [-0.15, -0.1) is 0 Å². The van der Waals surface area contributed by atoms with Crippen molar-refractivity contribution in [2.24, 2.45) is 0 Å². The molecule has 2 aromatic rings. The van der Waals surface area contributed by atoms with E-state index in [2.05, 4.69) is 26.0 Å². The predicted molar refractivity (Wildman–Crippen MR) is 101 cm³/mol. The van der Waals surface area contributed by atoms with E-state index in [0.717, 1.165) is 10.5 Å². The van der Waals surface area contributed by atoms with Crippen LogP contribution in [-0.4, -0.2) is 25.8 Å². The van der Waals surface area contributed by atoms with Crippen LogP contribution >= 0.6 is 27.5 Å². The second-order valence-electron chi connectivity index (χ2n) is 5.07. The summed E-state index contributed by atoms with van der Waals surface area (Å²) >= 11 is 9.11. The molecule has 0 radical (unpaired) electrons. The van der Waals surface area contributed by atoms with Crippen LogP contribution in [0.5, 0.6) is 0 Å². The van der Waals surface area contributed by atoms with Crippen LogP contribution in [0.4, 0.5) is 11.4 Å². The van der Waals surface area contributed by atoms with Crippen molar-refractivity contribution in [3.63, 3.8) is 0 Å². The highest BCUT2D eigenvalue weighted by atomic mass is 79.9. The number of hydrogen-bond acceptors (Lipinski definition) is 5. The summed E-state index contributed by atoms with van der Waals surface area (Å²) in [7, 11) is -3.74. The summed E-state index contributed by atoms with van der Waals surface area (Å²) in [5.41, 5.74) is -0.137. The van der Waals surface area contributed by atoms with Gasteiger partial charge in [0, 0.05) is 29.6 Å². The largest absolute Gasteiger partial charge is 0.325 e. The molecule has 26 heavy (non-hydrogen) atoms. The Bertz CT molecular complexity index is 935. The fourth-order valence-electron chi connectivity index (χ4n) is 1.93. The van der Waals surface area contributed by atoms with Crippen molar-refractivity contribution in [2.75, 3.05) is 11.9 Å². The standard InChI is InChI=1S/C15H13BrClN3O5S/c16-10-1-4-12(5-2-10)26(24,25)18-8-7-15(21)19-14-9-11(20(22)23)3-6-13(14)17/h1-6,9,18H,7-8H2,(H,19,21). The van der Waals surface area contributed by atoms with Crippen molar-refractivity contribution < 1.29 is 18.1 Å². The van der Waals surface area contributed by atoms with E-state index in [1.165, 1.54) is 24.3 Å². The number of benzene rings is 2. The van der Waals surface area contributed by atoms with Crippen LogP contribution in [0.15, 0.2) is 51.8 Å². The topological polar surface area (TPSA) is 118 Å². The van der Waals surface area contributed by atoms with Crippen LogP contribution in [0.2, 0.25) is 5.02 Å². The maximum atomic E-state index is 12.1. The first kappa shape index (κ1) is 20.3. The number of carbonyl (C=O) groups excluding carboxylic acids is 1. The van der Waals surface area contributed by atoms with E-state index in [9.17, 15) is 23.3 Å². The lowest BCUT2D eigenvalue weighted by molar-refractivity contribution is -0.384. The van der Waals surface area contributed by atoms with E-state index in [1.807, 2.05) is 0 Å². The molecule has 0 fully saturated rings. The minimum absolute atomic E-state index is 0.0721. The summed E-state index contributed by atoms with van der Waals surface area (Å²) < 4.78 is 27.3.